The van der Waals surface area contributed by atoms with Crippen LogP contribution in [0.25, 0.3) is 0 Å². The molecule has 1 N–H and O–H groups in total. The zero-order valence-corrected chi connectivity index (χ0v) is 14.4. The van der Waals surface area contributed by atoms with Crippen LogP contribution in [0.3, 0.4) is 0 Å². The minimum absolute atomic E-state index is 0.00437. The summed E-state index contributed by atoms with van der Waals surface area (Å²) >= 11 is 0. The van der Waals surface area contributed by atoms with Gasteiger partial charge in [-0.2, -0.15) is 0 Å². The maximum Gasteiger partial charge on any atom is 0.251 e. The fourth-order valence-corrected chi connectivity index (χ4v) is 3.36. The number of piperidine rings is 1. The van der Waals surface area contributed by atoms with Crippen molar-refractivity contribution >= 4 is 5.91 Å². The third kappa shape index (κ3) is 4.24. The molecule has 2 aromatic carbocycles. The number of benzene rings is 2. The van der Waals surface area contributed by atoms with Gasteiger partial charge in [-0.25, -0.2) is 0 Å². The Kier molecular flexibility index (Phi) is 5.65. The Bertz CT molecular complexity index is 645. The molecule has 1 saturated heterocycles. The predicted octanol–water partition coefficient (Wildman–Crippen LogP) is 3.95. The van der Waals surface area contributed by atoms with Crippen LogP contribution in [-0.2, 0) is 0 Å². The molecule has 0 spiro atoms. The number of amides is 1. The summed E-state index contributed by atoms with van der Waals surface area (Å²) in [6, 6.07) is 18.4. The first-order valence-corrected chi connectivity index (χ1v) is 8.88. The molecule has 3 heteroatoms. The number of nitrogens with one attached hydrogen (secondary N) is 1. The van der Waals surface area contributed by atoms with E-state index in [1.807, 2.05) is 30.3 Å². The number of carbonyl (C=O) groups excluding carboxylic acids is 1. The second-order valence-electron chi connectivity index (χ2n) is 6.60. The summed E-state index contributed by atoms with van der Waals surface area (Å²) in [5.41, 5.74) is 3.28. The van der Waals surface area contributed by atoms with Crippen LogP contribution in [0, 0.1) is 6.92 Å². The highest BCUT2D eigenvalue weighted by Crippen LogP contribution is 2.24. The molecule has 1 aliphatic rings. The number of hydrogen-bond donors (Lipinski definition) is 1. The quantitative estimate of drug-likeness (QED) is 0.904. The Hall–Kier alpha value is -2.13. The van der Waals surface area contributed by atoms with Crippen molar-refractivity contribution in [3.8, 4) is 0 Å². The molecule has 1 heterocycles. The van der Waals surface area contributed by atoms with Gasteiger partial charge in [0.1, 0.15) is 0 Å². The first kappa shape index (κ1) is 16.7. The van der Waals surface area contributed by atoms with Gasteiger partial charge in [0.05, 0.1) is 6.04 Å². The smallest absolute Gasteiger partial charge is 0.251 e. The maximum absolute atomic E-state index is 12.4. The van der Waals surface area contributed by atoms with Crippen LogP contribution in [0.2, 0.25) is 0 Å². The van der Waals surface area contributed by atoms with Gasteiger partial charge in [-0.3, -0.25) is 9.69 Å². The molecule has 1 amide bonds. The van der Waals surface area contributed by atoms with Gasteiger partial charge in [0.25, 0.3) is 5.91 Å². The molecule has 0 unspecified atom stereocenters. The van der Waals surface area contributed by atoms with Crippen molar-refractivity contribution < 1.29 is 4.79 Å². The van der Waals surface area contributed by atoms with Crippen LogP contribution in [0.15, 0.2) is 54.6 Å². The van der Waals surface area contributed by atoms with Crippen molar-refractivity contribution in [2.45, 2.75) is 32.2 Å². The molecule has 0 bridgehead atoms. The fourth-order valence-electron chi connectivity index (χ4n) is 3.36. The molecular weight excluding hydrogens is 296 g/mol. The standard InChI is InChI=1S/C21H26N2O/c1-17-10-12-18(13-11-17)20(23-14-6-3-7-15-23)16-22-21(24)19-8-4-2-5-9-19/h2,4-5,8-13,20H,3,6-7,14-16H2,1H3,(H,22,24)/t20-/m0/s1. The minimum atomic E-state index is 0.00437. The van der Waals surface area contributed by atoms with E-state index >= 15 is 0 Å². The van der Waals surface area contributed by atoms with Gasteiger partial charge in [-0.15, -0.1) is 0 Å². The van der Waals surface area contributed by atoms with Crippen LogP contribution >= 0.6 is 0 Å². The largest absolute Gasteiger partial charge is 0.350 e. The highest BCUT2D eigenvalue weighted by molar-refractivity contribution is 5.94. The van der Waals surface area contributed by atoms with Gasteiger partial charge >= 0.3 is 0 Å². The topological polar surface area (TPSA) is 32.3 Å². The van der Waals surface area contributed by atoms with E-state index in [4.69, 9.17) is 0 Å². The molecule has 0 aromatic heterocycles. The summed E-state index contributed by atoms with van der Waals surface area (Å²) in [4.78, 5) is 14.9. The summed E-state index contributed by atoms with van der Waals surface area (Å²) in [7, 11) is 0. The van der Waals surface area contributed by atoms with Gasteiger partial charge < -0.3 is 5.32 Å². The summed E-state index contributed by atoms with van der Waals surface area (Å²) in [5.74, 6) is 0.00437. The summed E-state index contributed by atoms with van der Waals surface area (Å²) in [6.07, 6.45) is 3.80. The van der Waals surface area contributed by atoms with E-state index < -0.39 is 0 Å². The van der Waals surface area contributed by atoms with Crippen LogP contribution in [-0.4, -0.2) is 30.4 Å². The van der Waals surface area contributed by atoms with E-state index in [1.54, 1.807) is 0 Å². The molecule has 3 nitrogen and oxygen atoms in total. The Morgan fingerprint density at radius 1 is 1.00 bits per heavy atom. The van der Waals surface area contributed by atoms with Crippen molar-refractivity contribution in [1.82, 2.24) is 10.2 Å². The average Bonchev–Trinajstić information content (AvgIpc) is 2.65. The third-order valence-electron chi connectivity index (χ3n) is 4.79. The number of rotatable bonds is 5. The predicted molar refractivity (Wildman–Crippen MR) is 98.1 cm³/mol. The Balaban J connectivity index is 1.72. The molecule has 1 fully saturated rings. The van der Waals surface area contributed by atoms with Gasteiger partial charge in [0, 0.05) is 12.1 Å². The lowest BCUT2D eigenvalue weighted by Gasteiger charge is -2.35. The fraction of sp³-hybridized carbons (Fsp3) is 0.381. The zero-order chi connectivity index (χ0) is 16.8. The monoisotopic (exact) mass is 322 g/mol. The Labute approximate surface area is 144 Å². The van der Waals surface area contributed by atoms with Crippen molar-refractivity contribution in [2.75, 3.05) is 19.6 Å². The van der Waals surface area contributed by atoms with E-state index in [-0.39, 0.29) is 11.9 Å². The third-order valence-corrected chi connectivity index (χ3v) is 4.79. The lowest BCUT2D eigenvalue weighted by atomic mass is 10.0. The lowest BCUT2D eigenvalue weighted by Crippen LogP contribution is -2.40. The van der Waals surface area contributed by atoms with E-state index in [1.165, 1.54) is 30.4 Å². The second kappa shape index (κ2) is 8.11. The first-order chi connectivity index (χ1) is 11.7. The number of carbonyl (C=O) groups is 1. The van der Waals surface area contributed by atoms with E-state index in [2.05, 4.69) is 41.4 Å². The summed E-state index contributed by atoms with van der Waals surface area (Å²) < 4.78 is 0. The molecule has 0 saturated carbocycles. The molecular formula is C21H26N2O. The van der Waals surface area contributed by atoms with Gasteiger partial charge in [-0.1, -0.05) is 54.4 Å². The molecule has 24 heavy (non-hydrogen) atoms. The minimum Gasteiger partial charge on any atom is -0.350 e. The van der Waals surface area contributed by atoms with E-state index in [9.17, 15) is 4.79 Å². The van der Waals surface area contributed by atoms with Crippen LogP contribution in [0.1, 0.15) is 46.8 Å². The van der Waals surface area contributed by atoms with E-state index in [0.29, 0.717) is 6.54 Å². The first-order valence-electron chi connectivity index (χ1n) is 8.88. The number of hydrogen-bond acceptors (Lipinski definition) is 2. The molecule has 1 atom stereocenters. The van der Waals surface area contributed by atoms with Crippen molar-refractivity contribution in [3.05, 3.63) is 71.3 Å². The number of nitrogens with zero attached hydrogens (tertiary/aromatic N) is 1. The summed E-state index contributed by atoms with van der Waals surface area (Å²) in [6.45, 7) is 4.98. The molecule has 0 aliphatic carbocycles. The van der Waals surface area contributed by atoms with Crippen LogP contribution < -0.4 is 5.32 Å². The lowest BCUT2D eigenvalue weighted by molar-refractivity contribution is 0.0924. The Morgan fingerprint density at radius 2 is 1.67 bits per heavy atom. The van der Waals surface area contributed by atoms with Crippen molar-refractivity contribution in [1.29, 1.82) is 0 Å². The second-order valence-corrected chi connectivity index (χ2v) is 6.60. The molecule has 126 valence electrons. The molecule has 0 radical (unpaired) electrons. The van der Waals surface area contributed by atoms with Crippen molar-refractivity contribution in [3.63, 3.8) is 0 Å². The molecule has 1 aliphatic heterocycles. The van der Waals surface area contributed by atoms with Crippen molar-refractivity contribution in [2.24, 2.45) is 0 Å². The highest BCUT2D eigenvalue weighted by Gasteiger charge is 2.23. The zero-order valence-electron chi connectivity index (χ0n) is 14.4. The van der Waals surface area contributed by atoms with Gasteiger partial charge in [-0.05, 0) is 50.6 Å². The van der Waals surface area contributed by atoms with Gasteiger partial charge in [0.2, 0.25) is 0 Å². The van der Waals surface area contributed by atoms with E-state index in [0.717, 1.165) is 18.7 Å². The molecule has 2 aromatic rings. The average molecular weight is 322 g/mol. The number of aryl methyl sites for hydroxylation is 1. The number of likely N-dealkylation sites (tertiary alicyclic amines) is 1. The highest BCUT2D eigenvalue weighted by atomic mass is 16.1. The Morgan fingerprint density at radius 3 is 2.33 bits per heavy atom. The maximum atomic E-state index is 12.4. The van der Waals surface area contributed by atoms with Gasteiger partial charge in [0.15, 0.2) is 0 Å². The molecule has 3 rings (SSSR count). The normalized spacial score (nSPS) is 16.5. The van der Waals surface area contributed by atoms with Crippen LogP contribution in [0.4, 0.5) is 0 Å². The SMILES string of the molecule is Cc1ccc([C@H](CNC(=O)c2ccccc2)N2CCCCC2)cc1. The van der Waals surface area contributed by atoms with Crippen LogP contribution in [0.5, 0.6) is 0 Å². The summed E-state index contributed by atoms with van der Waals surface area (Å²) in [5, 5.41) is 3.13.